The molecule has 1 N–H and O–H groups in total. The van der Waals surface area contributed by atoms with Crippen LogP contribution in [0.1, 0.15) is 37.0 Å². The summed E-state index contributed by atoms with van der Waals surface area (Å²) in [6, 6.07) is 5.71. The fourth-order valence-electron chi connectivity index (χ4n) is 3.11. The summed E-state index contributed by atoms with van der Waals surface area (Å²) in [5.74, 6) is 1.10. The normalized spacial score (nSPS) is 23.0. The molecule has 1 fully saturated rings. The molecule has 5 heteroatoms. The lowest BCUT2D eigenvalue weighted by atomic mass is 10.1. The van der Waals surface area contributed by atoms with Gasteiger partial charge in [0.1, 0.15) is 5.82 Å². The molecule has 2 unspecified atom stereocenters. The van der Waals surface area contributed by atoms with Crippen molar-refractivity contribution in [3.63, 3.8) is 0 Å². The largest absolute Gasteiger partial charge is 0.373 e. The number of nitrogens with zero attached hydrogens (tertiary/aromatic N) is 2. The summed E-state index contributed by atoms with van der Waals surface area (Å²) in [5, 5.41) is 0. The van der Waals surface area contributed by atoms with Gasteiger partial charge in [0.25, 0.3) is 0 Å². The average Bonchev–Trinajstić information content (AvgIpc) is 2.88. The second kappa shape index (κ2) is 6.18. The molecule has 1 aromatic carbocycles. The Hall–Kier alpha value is -1.72. The van der Waals surface area contributed by atoms with E-state index >= 15 is 0 Å². The van der Waals surface area contributed by atoms with Crippen LogP contribution in [0.4, 0.5) is 0 Å². The number of carbonyl (C=O) groups excluding carboxylic acids is 1. The quantitative estimate of drug-likeness (QED) is 0.881. The van der Waals surface area contributed by atoms with Crippen LogP contribution in [0, 0.1) is 0 Å². The Kier molecular flexibility index (Phi) is 4.27. The van der Waals surface area contributed by atoms with Gasteiger partial charge in [-0.2, -0.15) is 0 Å². The van der Waals surface area contributed by atoms with Gasteiger partial charge in [-0.15, -0.1) is 0 Å². The summed E-state index contributed by atoms with van der Waals surface area (Å²) in [6.45, 7) is 8.22. The van der Waals surface area contributed by atoms with Gasteiger partial charge in [-0.05, 0) is 32.0 Å². The zero-order valence-electron chi connectivity index (χ0n) is 13.4. The summed E-state index contributed by atoms with van der Waals surface area (Å²) in [4.78, 5) is 22.4. The van der Waals surface area contributed by atoms with Crippen LogP contribution in [0.15, 0.2) is 18.2 Å². The third-order valence-electron chi connectivity index (χ3n) is 4.05. The van der Waals surface area contributed by atoms with Gasteiger partial charge in [-0.1, -0.05) is 6.92 Å². The Morgan fingerprint density at radius 3 is 2.77 bits per heavy atom. The summed E-state index contributed by atoms with van der Waals surface area (Å²) >= 11 is 0. The van der Waals surface area contributed by atoms with Gasteiger partial charge in [-0.3, -0.25) is 9.69 Å². The number of ether oxygens (including phenoxy) is 1. The lowest BCUT2D eigenvalue weighted by Gasteiger charge is -2.34. The lowest BCUT2D eigenvalue weighted by Crippen LogP contribution is -2.47. The SMILES string of the molecule is CCc1nc2ccc(C(=O)CN3CC(C)OC(C)C3)cc2[nH]1. The van der Waals surface area contributed by atoms with Crippen molar-refractivity contribution in [1.29, 1.82) is 0 Å². The summed E-state index contributed by atoms with van der Waals surface area (Å²) in [6.07, 6.45) is 1.22. The number of aromatic nitrogens is 2. The topological polar surface area (TPSA) is 58.2 Å². The zero-order chi connectivity index (χ0) is 15.7. The maximum Gasteiger partial charge on any atom is 0.176 e. The van der Waals surface area contributed by atoms with E-state index in [4.69, 9.17) is 4.74 Å². The number of hydrogen-bond donors (Lipinski definition) is 1. The molecule has 2 aromatic rings. The molecule has 0 spiro atoms. The highest BCUT2D eigenvalue weighted by molar-refractivity contribution is 6.00. The number of Topliss-reactive ketones (excluding diaryl/α,β-unsaturated/α-hetero) is 1. The van der Waals surface area contributed by atoms with Crippen LogP contribution in [-0.4, -0.2) is 52.5 Å². The number of ketones is 1. The van der Waals surface area contributed by atoms with Crippen LogP contribution in [0.5, 0.6) is 0 Å². The smallest absolute Gasteiger partial charge is 0.176 e. The number of morpholine rings is 1. The van der Waals surface area contributed by atoms with Crippen molar-refractivity contribution in [1.82, 2.24) is 14.9 Å². The Morgan fingerprint density at radius 1 is 1.36 bits per heavy atom. The molecule has 1 aliphatic heterocycles. The van der Waals surface area contributed by atoms with E-state index in [0.717, 1.165) is 41.9 Å². The number of nitrogens with one attached hydrogen (secondary N) is 1. The van der Waals surface area contributed by atoms with Gasteiger partial charge in [0.2, 0.25) is 0 Å². The van der Waals surface area contributed by atoms with E-state index in [2.05, 4.69) is 35.6 Å². The molecule has 1 aromatic heterocycles. The molecular formula is C17H23N3O2. The van der Waals surface area contributed by atoms with Crippen molar-refractivity contribution in [3.05, 3.63) is 29.6 Å². The molecule has 1 saturated heterocycles. The standard InChI is InChI=1S/C17H23N3O2/c1-4-17-18-14-6-5-13(7-15(14)19-17)16(21)10-20-8-11(2)22-12(3)9-20/h5-7,11-12H,4,8-10H2,1-3H3,(H,18,19). The van der Waals surface area contributed by atoms with Crippen molar-refractivity contribution < 1.29 is 9.53 Å². The van der Waals surface area contributed by atoms with Crippen molar-refractivity contribution in [3.8, 4) is 0 Å². The Balaban J connectivity index is 1.74. The first-order chi connectivity index (χ1) is 10.5. The number of H-pyrrole nitrogens is 1. The first kappa shape index (κ1) is 15.2. The summed E-state index contributed by atoms with van der Waals surface area (Å²) in [7, 11) is 0. The first-order valence-electron chi connectivity index (χ1n) is 7.94. The highest BCUT2D eigenvalue weighted by Gasteiger charge is 2.24. The van der Waals surface area contributed by atoms with Crippen molar-refractivity contribution in [2.45, 2.75) is 39.4 Å². The molecule has 5 nitrogen and oxygen atoms in total. The van der Waals surface area contributed by atoms with Gasteiger partial charge in [-0.25, -0.2) is 4.98 Å². The minimum absolute atomic E-state index is 0.149. The number of rotatable bonds is 4. The monoisotopic (exact) mass is 301 g/mol. The van der Waals surface area contributed by atoms with E-state index in [9.17, 15) is 4.79 Å². The molecule has 2 atom stereocenters. The van der Waals surface area contributed by atoms with Gasteiger partial charge < -0.3 is 9.72 Å². The lowest BCUT2D eigenvalue weighted by molar-refractivity contribution is -0.0652. The van der Waals surface area contributed by atoms with E-state index in [1.54, 1.807) is 0 Å². The Labute approximate surface area is 130 Å². The van der Waals surface area contributed by atoms with Crippen LogP contribution < -0.4 is 0 Å². The fraction of sp³-hybridized carbons (Fsp3) is 0.529. The number of aryl methyl sites for hydroxylation is 1. The van der Waals surface area contributed by atoms with E-state index in [-0.39, 0.29) is 18.0 Å². The van der Waals surface area contributed by atoms with Gasteiger partial charge in [0.05, 0.1) is 29.8 Å². The highest BCUT2D eigenvalue weighted by Crippen LogP contribution is 2.16. The fourth-order valence-corrected chi connectivity index (χ4v) is 3.11. The molecule has 22 heavy (non-hydrogen) atoms. The number of hydrogen-bond acceptors (Lipinski definition) is 4. The summed E-state index contributed by atoms with van der Waals surface area (Å²) in [5.41, 5.74) is 2.60. The molecular weight excluding hydrogens is 278 g/mol. The average molecular weight is 301 g/mol. The van der Waals surface area contributed by atoms with E-state index in [1.807, 2.05) is 18.2 Å². The van der Waals surface area contributed by atoms with Crippen molar-refractivity contribution >= 4 is 16.8 Å². The number of fused-ring (bicyclic) bond motifs is 1. The first-order valence-corrected chi connectivity index (χ1v) is 7.94. The third kappa shape index (κ3) is 3.20. The van der Waals surface area contributed by atoms with Crippen molar-refractivity contribution in [2.75, 3.05) is 19.6 Å². The van der Waals surface area contributed by atoms with E-state index in [0.29, 0.717) is 6.54 Å². The van der Waals surface area contributed by atoms with Gasteiger partial charge >= 0.3 is 0 Å². The minimum Gasteiger partial charge on any atom is -0.373 e. The van der Waals surface area contributed by atoms with Crippen LogP contribution in [0.3, 0.4) is 0 Å². The maximum atomic E-state index is 12.5. The van der Waals surface area contributed by atoms with Crippen molar-refractivity contribution in [2.24, 2.45) is 0 Å². The van der Waals surface area contributed by atoms with Crippen LogP contribution in [-0.2, 0) is 11.2 Å². The second-order valence-corrected chi connectivity index (χ2v) is 6.14. The number of carbonyl (C=O) groups is 1. The number of benzene rings is 1. The van der Waals surface area contributed by atoms with Gasteiger partial charge in [0, 0.05) is 25.1 Å². The second-order valence-electron chi connectivity index (χ2n) is 6.14. The molecule has 0 aliphatic carbocycles. The molecule has 0 bridgehead atoms. The Morgan fingerprint density at radius 2 is 2.09 bits per heavy atom. The molecule has 0 saturated carbocycles. The highest BCUT2D eigenvalue weighted by atomic mass is 16.5. The predicted octanol–water partition coefficient (Wildman–Crippen LogP) is 2.42. The molecule has 1 aliphatic rings. The molecule has 0 radical (unpaired) electrons. The van der Waals surface area contributed by atoms with Crippen LogP contribution in [0.25, 0.3) is 11.0 Å². The van der Waals surface area contributed by atoms with Gasteiger partial charge in [0.15, 0.2) is 5.78 Å². The zero-order valence-corrected chi connectivity index (χ0v) is 13.4. The summed E-state index contributed by atoms with van der Waals surface area (Å²) < 4.78 is 5.71. The molecule has 2 heterocycles. The molecule has 3 rings (SSSR count). The third-order valence-corrected chi connectivity index (χ3v) is 4.05. The van der Waals surface area contributed by atoms with E-state index < -0.39 is 0 Å². The Bertz CT molecular complexity index is 670. The van der Waals surface area contributed by atoms with Crippen LogP contribution in [0.2, 0.25) is 0 Å². The number of aromatic amines is 1. The minimum atomic E-state index is 0.149. The molecule has 0 amide bonds. The van der Waals surface area contributed by atoms with Crippen LogP contribution >= 0.6 is 0 Å². The predicted molar refractivity (Wildman–Crippen MR) is 86.3 cm³/mol. The molecule has 118 valence electrons. The van der Waals surface area contributed by atoms with E-state index in [1.165, 1.54) is 0 Å². The maximum absolute atomic E-state index is 12.5. The number of imidazole rings is 1.